The molecule has 2 saturated carbocycles. The molecule has 1 aromatic rings. The molecule has 0 spiro atoms. The van der Waals surface area contributed by atoms with Crippen LogP contribution < -0.4 is 0 Å². The number of nitrogens with zero attached hydrogens (tertiary/aromatic N) is 1. The summed E-state index contributed by atoms with van der Waals surface area (Å²) in [6, 6.07) is 7.65. The summed E-state index contributed by atoms with van der Waals surface area (Å²) in [4.78, 5) is 2.77. The highest BCUT2D eigenvalue weighted by molar-refractivity contribution is 5.45. The summed E-state index contributed by atoms with van der Waals surface area (Å²) in [7, 11) is 0. The summed E-state index contributed by atoms with van der Waals surface area (Å²) >= 11 is 0. The first-order valence-corrected chi connectivity index (χ1v) is 15.7. The van der Waals surface area contributed by atoms with Crippen LogP contribution in [0.2, 0.25) is 0 Å². The van der Waals surface area contributed by atoms with Crippen LogP contribution in [0.1, 0.15) is 104 Å². The fraction of sp³-hybridized carbons (Fsp3) is 0.526. The van der Waals surface area contributed by atoms with Gasteiger partial charge in [0.1, 0.15) is 5.82 Å². The van der Waals surface area contributed by atoms with Crippen LogP contribution in [0.4, 0.5) is 4.39 Å². The quantitative estimate of drug-likeness (QED) is 0.252. The van der Waals surface area contributed by atoms with E-state index in [1.165, 1.54) is 68.3 Å². The van der Waals surface area contributed by atoms with Crippen molar-refractivity contribution in [3.05, 3.63) is 107 Å². The molecule has 216 valence electrons. The van der Waals surface area contributed by atoms with E-state index in [1.807, 2.05) is 31.2 Å². The molecular formula is C38H52FN. The number of allylic oxidation sites excluding steroid dienone is 10. The van der Waals surface area contributed by atoms with Crippen LogP contribution in [0.3, 0.4) is 0 Å². The largest absolute Gasteiger partial charge is 0.371 e. The van der Waals surface area contributed by atoms with Crippen molar-refractivity contribution < 1.29 is 4.39 Å². The number of hydrogen-bond donors (Lipinski definition) is 0. The number of rotatable bonds is 11. The molecule has 5 rings (SSSR count). The summed E-state index contributed by atoms with van der Waals surface area (Å²) < 4.78 is 13.4. The van der Waals surface area contributed by atoms with Crippen molar-refractivity contribution >= 4 is 0 Å². The molecule has 1 nitrogen and oxygen atoms in total. The Balaban J connectivity index is 0.000000357. The zero-order valence-corrected chi connectivity index (χ0v) is 26.0. The minimum Gasteiger partial charge on any atom is -0.371 e. The Morgan fingerprint density at radius 1 is 1.12 bits per heavy atom. The smallest absolute Gasteiger partial charge is 0.123 e. The third-order valence-electron chi connectivity index (χ3n) is 9.55. The van der Waals surface area contributed by atoms with Crippen molar-refractivity contribution in [1.82, 2.24) is 4.90 Å². The van der Waals surface area contributed by atoms with Crippen molar-refractivity contribution in [1.29, 1.82) is 0 Å². The van der Waals surface area contributed by atoms with E-state index < -0.39 is 0 Å². The monoisotopic (exact) mass is 541 g/mol. The van der Waals surface area contributed by atoms with Gasteiger partial charge in [0.05, 0.1) is 0 Å². The van der Waals surface area contributed by atoms with Crippen molar-refractivity contribution in [2.75, 3.05) is 6.54 Å². The van der Waals surface area contributed by atoms with Gasteiger partial charge in [0, 0.05) is 23.7 Å². The van der Waals surface area contributed by atoms with Gasteiger partial charge in [0.25, 0.3) is 0 Å². The maximum atomic E-state index is 13.4. The second-order valence-electron chi connectivity index (χ2n) is 13.1. The molecule has 1 aromatic carbocycles. The molecule has 4 aliphatic rings. The van der Waals surface area contributed by atoms with Gasteiger partial charge < -0.3 is 4.90 Å². The van der Waals surface area contributed by atoms with Gasteiger partial charge in [0.2, 0.25) is 0 Å². The van der Waals surface area contributed by atoms with Gasteiger partial charge in [0.15, 0.2) is 0 Å². The number of fused-ring (bicyclic) bond motifs is 2. The zero-order valence-electron chi connectivity index (χ0n) is 26.0. The molecule has 2 fully saturated rings. The Morgan fingerprint density at radius 3 is 2.48 bits per heavy atom. The Labute approximate surface area is 244 Å². The van der Waals surface area contributed by atoms with E-state index in [2.05, 4.69) is 70.4 Å². The van der Waals surface area contributed by atoms with Crippen molar-refractivity contribution in [2.45, 2.75) is 105 Å². The summed E-state index contributed by atoms with van der Waals surface area (Å²) in [5, 5.41) is 0. The Bertz CT molecular complexity index is 1180. The van der Waals surface area contributed by atoms with Crippen molar-refractivity contribution in [3.8, 4) is 0 Å². The zero-order chi connectivity index (χ0) is 28.9. The lowest BCUT2D eigenvalue weighted by molar-refractivity contribution is 0.189. The molecule has 0 amide bonds. The highest BCUT2D eigenvalue weighted by Gasteiger charge is 2.60. The van der Waals surface area contributed by atoms with E-state index in [1.54, 1.807) is 23.3 Å². The molecule has 40 heavy (non-hydrogen) atoms. The standard InChI is InChI=1S/C29H38FN.C9H14/c1-4-26(18-20(2)23-10-12-25(30)13-11-23)31(17-15-22-8-9-22)21(3)29-16-14-24-6-5-7-27(24)28(29)19-29;1-8(2)6-5-7-9(3)4/h4,10-14,16,20-22,28H,5-9,15,17-19H2,1-3H3;5-7H,1H2,2-4H3/b26-4+;6-5-. The lowest BCUT2D eigenvalue weighted by Gasteiger charge is -2.40. The van der Waals surface area contributed by atoms with E-state index in [-0.39, 0.29) is 5.82 Å². The normalized spacial score (nSPS) is 24.6. The molecule has 0 aromatic heterocycles. The molecule has 0 aliphatic heterocycles. The van der Waals surface area contributed by atoms with Gasteiger partial charge in [-0.2, -0.15) is 0 Å². The van der Waals surface area contributed by atoms with Crippen molar-refractivity contribution in [3.63, 3.8) is 0 Å². The summed E-state index contributed by atoms with van der Waals surface area (Å²) in [5.74, 6) is 1.98. The maximum absolute atomic E-state index is 13.4. The average molecular weight is 542 g/mol. The molecule has 0 heterocycles. The average Bonchev–Trinajstić information content (AvgIpc) is 3.84. The third kappa shape index (κ3) is 7.56. The fourth-order valence-corrected chi connectivity index (χ4v) is 6.79. The molecular weight excluding hydrogens is 489 g/mol. The summed E-state index contributed by atoms with van der Waals surface area (Å²) in [6.07, 6.45) is 24.0. The van der Waals surface area contributed by atoms with Gasteiger partial charge in [-0.1, -0.05) is 91.7 Å². The topological polar surface area (TPSA) is 3.24 Å². The fourth-order valence-electron chi connectivity index (χ4n) is 6.79. The highest BCUT2D eigenvalue weighted by Crippen LogP contribution is 2.66. The number of benzene rings is 1. The molecule has 4 unspecified atom stereocenters. The van der Waals surface area contributed by atoms with E-state index in [4.69, 9.17) is 0 Å². The second-order valence-corrected chi connectivity index (χ2v) is 13.1. The minimum absolute atomic E-state index is 0.148. The van der Waals surface area contributed by atoms with E-state index in [0.717, 1.165) is 23.8 Å². The highest BCUT2D eigenvalue weighted by atomic mass is 19.1. The van der Waals surface area contributed by atoms with E-state index in [9.17, 15) is 4.39 Å². The van der Waals surface area contributed by atoms with E-state index >= 15 is 0 Å². The molecule has 2 heteroatoms. The second kappa shape index (κ2) is 13.4. The van der Waals surface area contributed by atoms with Gasteiger partial charge in [-0.05, 0) is 114 Å². The van der Waals surface area contributed by atoms with Gasteiger partial charge in [-0.25, -0.2) is 4.39 Å². The predicted molar refractivity (Wildman–Crippen MR) is 171 cm³/mol. The number of halogens is 1. The van der Waals surface area contributed by atoms with Crippen LogP contribution in [0.15, 0.2) is 95.3 Å². The van der Waals surface area contributed by atoms with Crippen LogP contribution in [0, 0.1) is 23.1 Å². The van der Waals surface area contributed by atoms with Crippen LogP contribution >= 0.6 is 0 Å². The van der Waals surface area contributed by atoms with Crippen LogP contribution in [0.25, 0.3) is 0 Å². The summed E-state index contributed by atoms with van der Waals surface area (Å²) in [6.45, 7) is 18.0. The van der Waals surface area contributed by atoms with Gasteiger partial charge in [-0.3, -0.25) is 0 Å². The first kappa shape index (κ1) is 30.4. The Morgan fingerprint density at radius 2 is 1.85 bits per heavy atom. The van der Waals surface area contributed by atoms with E-state index in [0.29, 0.717) is 17.4 Å². The first-order valence-electron chi connectivity index (χ1n) is 15.7. The molecule has 4 aliphatic carbocycles. The lowest BCUT2D eigenvalue weighted by Crippen LogP contribution is -2.41. The first-order chi connectivity index (χ1) is 19.1. The summed E-state index contributed by atoms with van der Waals surface area (Å²) in [5.41, 5.74) is 8.91. The molecule has 0 saturated heterocycles. The predicted octanol–water partition coefficient (Wildman–Crippen LogP) is 10.9. The van der Waals surface area contributed by atoms with Crippen LogP contribution in [0.5, 0.6) is 0 Å². The van der Waals surface area contributed by atoms with Gasteiger partial charge in [-0.15, -0.1) is 0 Å². The third-order valence-corrected chi connectivity index (χ3v) is 9.55. The molecule has 0 bridgehead atoms. The van der Waals surface area contributed by atoms with Crippen molar-refractivity contribution in [2.24, 2.45) is 17.3 Å². The molecule has 0 N–H and O–H groups in total. The van der Waals surface area contributed by atoms with Crippen LogP contribution in [-0.2, 0) is 0 Å². The number of hydrogen-bond acceptors (Lipinski definition) is 1. The molecule has 0 radical (unpaired) electrons. The lowest BCUT2D eigenvalue weighted by atomic mass is 9.84. The van der Waals surface area contributed by atoms with Gasteiger partial charge >= 0.3 is 0 Å². The van der Waals surface area contributed by atoms with Crippen LogP contribution in [-0.4, -0.2) is 17.5 Å². The minimum atomic E-state index is -0.148. The maximum Gasteiger partial charge on any atom is 0.123 e. The SMILES string of the molecule is C/C=C(\CC(C)c1ccc(F)cc1)N(CCC1CC1)C(C)C12C=CC3=C(CCC3)C1C2.C=C(C)/C=C\C=C(C)C. The molecule has 4 atom stereocenters. The Kier molecular flexibility index (Phi) is 10.1. The Hall–Kier alpha value is -2.61.